The highest BCUT2D eigenvalue weighted by atomic mass is 32.1. The zero-order valence-electron chi connectivity index (χ0n) is 13.6. The molecule has 1 heterocycles. The number of rotatable bonds is 5. The van der Waals surface area contributed by atoms with Crippen LogP contribution in [0.15, 0.2) is 29.6 Å². The molecule has 0 saturated carbocycles. The zero-order valence-corrected chi connectivity index (χ0v) is 14.4. The van der Waals surface area contributed by atoms with E-state index in [1.807, 2.05) is 12.1 Å². The summed E-state index contributed by atoms with van der Waals surface area (Å²) in [6.45, 7) is 5.74. The van der Waals surface area contributed by atoms with Crippen LogP contribution >= 0.6 is 11.3 Å². The van der Waals surface area contributed by atoms with Crippen LogP contribution in [0.25, 0.3) is 10.6 Å². The second kappa shape index (κ2) is 6.91. The molecule has 2 aromatic rings. The SMILES string of the molecule is CC(C)c1ccc(-c2nc(C(=O)N(C)C(C)C(=O)O)cs2)cc1. The van der Waals surface area contributed by atoms with Gasteiger partial charge in [-0.1, -0.05) is 38.1 Å². The predicted molar refractivity (Wildman–Crippen MR) is 90.8 cm³/mol. The molecule has 0 aliphatic heterocycles. The Kier molecular flexibility index (Phi) is 5.15. The molecule has 1 N–H and O–H groups in total. The lowest BCUT2D eigenvalue weighted by Gasteiger charge is -2.20. The number of carboxylic acid groups (broad SMARTS) is 1. The summed E-state index contributed by atoms with van der Waals surface area (Å²) in [7, 11) is 1.47. The number of aliphatic carboxylic acids is 1. The number of carbonyl (C=O) groups is 2. The Morgan fingerprint density at radius 2 is 1.78 bits per heavy atom. The van der Waals surface area contributed by atoms with Gasteiger partial charge in [-0.2, -0.15) is 0 Å². The molecular formula is C17H20N2O3S. The van der Waals surface area contributed by atoms with Gasteiger partial charge in [0.05, 0.1) is 0 Å². The molecule has 5 nitrogen and oxygen atoms in total. The molecule has 0 bridgehead atoms. The number of carbonyl (C=O) groups excluding carboxylic acids is 1. The molecule has 1 aromatic carbocycles. The van der Waals surface area contributed by atoms with Gasteiger partial charge in [0.15, 0.2) is 0 Å². The first-order valence-electron chi connectivity index (χ1n) is 7.37. The third-order valence-electron chi connectivity index (χ3n) is 3.81. The van der Waals surface area contributed by atoms with Gasteiger partial charge in [0.25, 0.3) is 5.91 Å². The van der Waals surface area contributed by atoms with E-state index in [-0.39, 0.29) is 11.6 Å². The van der Waals surface area contributed by atoms with E-state index in [0.29, 0.717) is 5.92 Å². The van der Waals surface area contributed by atoms with Crippen LogP contribution < -0.4 is 0 Å². The van der Waals surface area contributed by atoms with Gasteiger partial charge in [-0.3, -0.25) is 4.79 Å². The maximum absolute atomic E-state index is 12.3. The van der Waals surface area contributed by atoms with Crippen molar-refractivity contribution in [3.05, 3.63) is 40.9 Å². The fourth-order valence-electron chi connectivity index (χ4n) is 2.04. The lowest BCUT2D eigenvalue weighted by molar-refractivity contribution is -0.141. The van der Waals surface area contributed by atoms with Crippen molar-refractivity contribution in [3.8, 4) is 10.6 Å². The number of likely N-dealkylation sites (N-methyl/N-ethyl adjacent to an activating group) is 1. The third-order valence-corrected chi connectivity index (χ3v) is 4.70. The first-order valence-corrected chi connectivity index (χ1v) is 8.25. The van der Waals surface area contributed by atoms with E-state index in [2.05, 4.69) is 31.0 Å². The van der Waals surface area contributed by atoms with Crippen LogP contribution in [0.4, 0.5) is 0 Å². The summed E-state index contributed by atoms with van der Waals surface area (Å²) in [6, 6.07) is 7.21. The molecule has 0 aliphatic rings. The Labute approximate surface area is 139 Å². The van der Waals surface area contributed by atoms with Crippen molar-refractivity contribution in [2.45, 2.75) is 32.7 Å². The van der Waals surface area contributed by atoms with E-state index in [0.717, 1.165) is 10.6 Å². The summed E-state index contributed by atoms with van der Waals surface area (Å²) in [5.41, 5.74) is 2.47. The first kappa shape index (κ1) is 17.1. The molecule has 1 atom stereocenters. The quantitative estimate of drug-likeness (QED) is 0.910. The number of thiazole rings is 1. The summed E-state index contributed by atoms with van der Waals surface area (Å²) in [5.74, 6) is -0.967. The lowest BCUT2D eigenvalue weighted by atomic mass is 10.0. The number of benzene rings is 1. The van der Waals surface area contributed by atoms with Crippen LogP contribution in [0.3, 0.4) is 0 Å². The van der Waals surface area contributed by atoms with Gasteiger partial charge >= 0.3 is 5.97 Å². The topological polar surface area (TPSA) is 70.5 Å². The Morgan fingerprint density at radius 1 is 1.17 bits per heavy atom. The summed E-state index contributed by atoms with van der Waals surface area (Å²) in [6.07, 6.45) is 0. The van der Waals surface area contributed by atoms with Gasteiger partial charge in [-0.15, -0.1) is 11.3 Å². The summed E-state index contributed by atoms with van der Waals surface area (Å²) in [4.78, 5) is 28.8. The van der Waals surface area contributed by atoms with E-state index >= 15 is 0 Å². The molecule has 1 amide bonds. The van der Waals surface area contributed by atoms with Gasteiger partial charge in [-0.25, -0.2) is 9.78 Å². The molecule has 2 rings (SSSR count). The number of aromatic nitrogens is 1. The minimum absolute atomic E-state index is 0.272. The van der Waals surface area contributed by atoms with Gasteiger partial charge in [0, 0.05) is 18.0 Å². The predicted octanol–water partition coefficient (Wildman–Crippen LogP) is 3.48. The van der Waals surface area contributed by atoms with Crippen LogP contribution in [0, 0.1) is 0 Å². The number of hydrogen-bond donors (Lipinski definition) is 1. The van der Waals surface area contributed by atoms with E-state index in [1.165, 1.54) is 35.8 Å². The second-order valence-corrected chi connectivity index (χ2v) is 6.60. The van der Waals surface area contributed by atoms with E-state index < -0.39 is 12.0 Å². The standard InChI is InChI=1S/C17H20N2O3S/c1-10(2)12-5-7-13(8-6-12)15-18-14(9-23-15)16(20)19(4)11(3)17(21)22/h5-11H,1-4H3,(H,21,22). The van der Waals surface area contributed by atoms with E-state index in [4.69, 9.17) is 5.11 Å². The largest absolute Gasteiger partial charge is 0.480 e. The highest BCUT2D eigenvalue weighted by Gasteiger charge is 2.24. The van der Waals surface area contributed by atoms with Crippen LogP contribution in [0.1, 0.15) is 42.7 Å². The number of hydrogen-bond acceptors (Lipinski definition) is 4. The van der Waals surface area contributed by atoms with Gasteiger partial charge < -0.3 is 10.0 Å². The molecule has 6 heteroatoms. The minimum atomic E-state index is -1.04. The van der Waals surface area contributed by atoms with Crippen molar-refractivity contribution in [3.63, 3.8) is 0 Å². The maximum Gasteiger partial charge on any atom is 0.326 e. The fraction of sp³-hybridized carbons (Fsp3) is 0.353. The van der Waals surface area contributed by atoms with Crippen molar-refractivity contribution in [2.75, 3.05) is 7.05 Å². The highest BCUT2D eigenvalue weighted by Crippen LogP contribution is 2.26. The Bertz CT molecular complexity index is 707. The summed E-state index contributed by atoms with van der Waals surface area (Å²) >= 11 is 1.38. The molecule has 0 fully saturated rings. The lowest BCUT2D eigenvalue weighted by Crippen LogP contribution is -2.40. The van der Waals surface area contributed by atoms with Crippen molar-refractivity contribution in [1.82, 2.24) is 9.88 Å². The smallest absolute Gasteiger partial charge is 0.326 e. The van der Waals surface area contributed by atoms with Crippen LogP contribution in [-0.4, -0.2) is 40.0 Å². The number of nitrogens with zero attached hydrogens (tertiary/aromatic N) is 2. The molecule has 23 heavy (non-hydrogen) atoms. The van der Waals surface area contributed by atoms with Crippen molar-refractivity contribution in [2.24, 2.45) is 0 Å². The second-order valence-electron chi connectivity index (χ2n) is 5.74. The van der Waals surface area contributed by atoms with E-state index in [1.54, 1.807) is 5.38 Å². The van der Waals surface area contributed by atoms with Gasteiger partial charge in [0.1, 0.15) is 16.7 Å². The highest BCUT2D eigenvalue weighted by molar-refractivity contribution is 7.13. The Hall–Kier alpha value is -2.21. The summed E-state index contributed by atoms with van der Waals surface area (Å²) < 4.78 is 0. The average molecular weight is 332 g/mol. The first-order chi connectivity index (χ1) is 10.8. The average Bonchev–Trinajstić information content (AvgIpc) is 3.02. The monoisotopic (exact) mass is 332 g/mol. The zero-order chi connectivity index (χ0) is 17.1. The molecule has 1 aromatic heterocycles. The number of carboxylic acids is 1. The molecule has 1 unspecified atom stereocenters. The molecule has 0 aliphatic carbocycles. The maximum atomic E-state index is 12.3. The van der Waals surface area contributed by atoms with Crippen molar-refractivity contribution < 1.29 is 14.7 Å². The third kappa shape index (κ3) is 3.76. The Morgan fingerprint density at radius 3 is 2.30 bits per heavy atom. The van der Waals surface area contributed by atoms with E-state index in [9.17, 15) is 9.59 Å². The molecule has 0 radical (unpaired) electrons. The van der Waals surface area contributed by atoms with Crippen molar-refractivity contribution in [1.29, 1.82) is 0 Å². The summed E-state index contributed by atoms with van der Waals surface area (Å²) in [5, 5.41) is 11.4. The molecule has 122 valence electrons. The molecular weight excluding hydrogens is 312 g/mol. The number of amides is 1. The van der Waals surface area contributed by atoms with Crippen LogP contribution in [0.5, 0.6) is 0 Å². The van der Waals surface area contributed by atoms with Crippen LogP contribution in [-0.2, 0) is 4.79 Å². The van der Waals surface area contributed by atoms with Gasteiger partial charge in [-0.05, 0) is 18.4 Å². The van der Waals surface area contributed by atoms with Crippen LogP contribution in [0.2, 0.25) is 0 Å². The Balaban J connectivity index is 2.20. The van der Waals surface area contributed by atoms with Crippen molar-refractivity contribution >= 4 is 23.2 Å². The molecule has 0 saturated heterocycles. The van der Waals surface area contributed by atoms with Gasteiger partial charge in [0.2, 0.25) is 0 Å². The molecule has 0 spiro atoms. The minimum Gasteiger partial charge on any atom is -0.480 e. The normalized spacial score (nSPS) is 12.2. The fourth-order valence-corrected chi connectivity index (χ4v) is 2.84.